The molecule has 2 aromatic rings. The fourth-order valence-corrected chi connectivity index (χ4v) is 3.37. The summed E-state index contributed by atoms with van der Waals surface area (Å²) < 4.78 is 7.59. The van der Waals surface area contributed by atoms with Crippen molar-refractivity contribution in [3.05, 3.63) is 24.0 Å². The van der Waals surface area contributed by atoms with Crippen LogP contribution in [0.15, 0.2) is 18.2 Å². The van der Waals surface area contributed by atoms with Crippen LogP contribution in [-0.4, -0.2) is 16.7 Å². The van der Waals surface area contributed by atoms with Crippen molar-refractivity contribution in [2.24, 2.45) is 5.92 Å². The van der Waals surface area contributed by atoms with Crippen molar-refractivity contribution in [3.8, 4) is 5.75 Å². The zero-order valence-electron chi connectivity index (χ0n) is 12.1. The van der Waals surface area contributed by atoms with E-state index in [4.69, 9.17) is 21.3 Å². The van der Waals surface area contributed by atoms with Crippen LogP contribution in [0.5, 0.6) is 5.75 Å². The van der Waals surface area contributed by atoms with Crippen LogP contribution < -0.4 is 4.74 Å². The van der Waals surface area contributed by atoms with E-state index in [0.29, 0.717) is 0 Å². The summed E-state index contributed by atoms with van der Waals surface area (Å²) in [5.74, 6) is 2.59. The second-order valence-electron chi connectivity index (χ2n) is 5.70. The van der Waals surface area contributed by atoms with E-state index in [0.717, 1.165) is 29.6 Å². The molecule has 1 unspecified atom stereocenters. The molecule has 1 aromatic carbocycles. The van der Waals surface area contributed by atoms with Crippen LogP contribution in [0.4, 0.5) is 0 Å². The number of halogens is 1. The van der Waals surface area contributed by atoms with Gasteiger partial charge in [0.05, 0.1) is 23.5 Å². The Hall–Kier alpha value is -1.22. The first-order valence-electron chi connectivity index (χ1n) is 7.37. The number of alkyl halides is 1. The highest BCUT2D eigenvalue weighted by Crippen LogP contribution is 2.32. The number of rotatable bonds is 4. The molecule has 3 rings (SSSR count). The fourth-order valence-electron chi connectivity index (χ4n) is 3.20. The second-order valence-corrected chi connectivity index (χ2v) is 6.36. The van der Waals surface area contributed by atoms with Crippen LogP contribution in [0, 0.1) is 5.92 Å². The van der Waals surface area contributed by atoms with Gasteiger partial charge in [-0.05, 0) is 37.8 Å². The Bertz CT molecular complexity index is 600. The average molecular weight is 293 g/mol. The van der Waals surface area contributed by atoms with E-state index >= 15 is 0 Å². The number of benzene rings is 1. The second kappa shape index (κ2) is 5.65. The minimum absolute atomic E-state index is 0.0743. The zero-order chi connectivity index (χ0) is 14.1. The van der Waals surface area contributed by atoms with Crippen molar-refractivity contribution >= 4 is 22.6 Å². The van der Waals surface area contributed by atoms with Gasteiger partial charge in [-0.1, -0.05) is 12.8 Å². The smallest absolute Gasteiger partial charge is 0.127 e. The Morgan fingerprint density at radius 1 is 1.40 bits per heavy atom. The van der Waals surface area contributed by atoms with Crippen molar-refractivity contribution < 1.29 is 4.74 Å². The maximum atomic E-state index is 6.32. The molecule has 0 bridgehead atoms. The number of ether oxygens (including phenoxy) is 1. The average Bonchev–Trinajstić information content (AvgIpc) is 3.06. The molecule has 1 fully saturated rings. The van der Waals surface area contributed by atoms with E-state index in [-0.39, 0.29) is 5.38 Å². The summed E-state index contributed by atoms with van der Waals surface area (Å²) in [7, 11) is 1.68. The number of hydrogen-bond donors (Lipinski definition) is 0. The van der Waals surface area contributed by atoms with Crippen LogP contribution >= 0.6 is 11.6 Å². The summed E-state index contributed by atoms with van der Waals surface area (Å²) in [5.41, 5.74) is 2.14. The van der Waals surface area contributed by atoms with E-state index in [1.54, 1.807) is 7.11 Å². The van der Waals surface area contributed by atoms with Gasteiger partial charge in [-0.2, -0.15) is 0 Å². The summed E-state index contributed by atoms with van der Waals surface area (Å²) in [6, 6.07) is 6.08. The quantitative estimate of drug-likeness (QED) is 0.774. The van der Waals surface area contributed by atoms with Gasteiger partial charge in [0.15, 0.2) is 0 Å². The van der Waals surface area contributed by atoms with Crippen LogP contribution in [0.2, 0.25) is 0 Å². The van der Waals surface area contributed by atoms with Crippen LogP contribution in [0.1, 0.15) is 43.8 Å². The molecular weight excluding hydrogens is 272 g/mol. The summed E-state index contributed by atoms with van der Waals surface area (Å²) in [6.45, 7) is 3.03. The van der Waals surface area contributed by atoms with Crippen molar-refractivity contribution in [1.82, 2.24) is 9.55 Å². The molecule has 0 saturated heterocycles. The summed E-state index contributed by atoms with van der Waals surface area (Å²) in [4.78, 5) is 4.71. The lowest BCUT2D eigenvalue weighted by Gasteiger charge is -2.15. The third-order valence-corrected chi connectivity index (χ3v) is 4.45. The standard InChI is InChI=1S/C16H21ClN2O/c1-11(17)16-18-14-9-13(20-2)7-8-15(14)19(16)10-12-5-3-4-6-12/h7-9,11-12H,3-6,10H2,1-2H3. The first-order chi connectivity index (χ1) is 9.69. The molecule has 0 N–H and O–H groups in total. The third-order valence-electron chi connectivity index (χ3n) is 4.26. The summed E-state index contributed by atoms with van der Waals surface area (Å²) in [6.07, 6.45) is 5.37. The maximum Gasteiger partial charge on any atom is 0.127 e. The number of nitrogens with zero attached hydrogens (tertiary/aromatic N) is 2. The number of imidazole rings is 1. The minimum atomic E-state index is -0.0743. The topological polar surface area (TPSA) is 27.1 Å². The van der Waals surface area contributed by atoms with Crippen LogP contribution in [0.3, 0.4) is 0 Å². The molecule has 1 saturated carbocycles. The van der Waals surface area contributed by atoms with Gasteiger partial charge in [-0.3, -0.25) is 0 Å². The maximum absolute atomic E-state index is 6.32. The number of aromatic nitrogens is 2. The van der Waals surface area contributed by atoms with E-state index in [1.807, 2.05) is 19.1 Å². The van der Waals surface area contributed by atoms with Gasteiger partial charge < -0.3 is 9.30 Å². The predicted octanol–water partition coefficient (Wildman–Crippen LogP) is 4.53. The van der Waals surface area contributed by atoms with E-state index in [9.17, 15) is 0 Å². The normalized spacial score (nSPS) is 17.8. The summed E-state index contributed by atoms with van der Waals surface area (Å²) in [5, 5.41) is -0.0743. The zero-order valence-corrected chi connectivity index (χ0v) is 12.9. The highest BCUT2D eigenvalue weighted by Gasteiger charge is 2.21. The largest absolute Gasteiger partial charge is 0.497 e. The molecule has 1 aromatic heterocycles. The molecule has 1 aliphatic rings. The highest BCUT2D eigenvalue weighted by atomic mass is 35.5. The van der Waals surface area contributed by atoms with Crippen molar-refractivity contribution in [2.75, 3.05) is 7.11 Å². The van der Waals surface area contributed by atoms with Crippen molar-refractivity contribution in [1.29, 1.82) is 0 Å². The molecule has 0 radical (unpaired) electrons. The first kappa shape index (κ1) is 13.7. The molecule has 4 heteroatoms. The highest BCUT2D eigenvalue weighted by molar-refractivity contribution is 6.20. The van der Waals surface area contributed by atoms with Crippen LogP contribution in [-0.2, 0) is 6.54 Å². The third kappa shape index (κ3) is 2.51. The van der Waals surface area contributed by atoms with Crippen molar-refractivity contribution in [3.63, 3.8) is 0 Å². The Kier molecular flexibility index (Phi) is 3.88. The van der Waals surface area contributed by atoms with Gasteiger partial charge in [-0.25, -0.2) is 4.98 Å². The predicted molar refractivity (Wildman–Crippen MR) is 82.5 cm³/mol. The van der Waals surface area contributed by atoms with Crippen molar-refractivity contribution in [2.45, 2.75) is 44.5 Å². The van der Waals surface area contributed by atoms with Gasteiger partial charge in [0.1, 0.15) is 11.6 Å². The molecule has 20 heavy (non-hydrogen) atoms. The molecule has 1 aliphatic carbocycles. The Morgan fingerprint density at radius 3 is 2.80 bits per heavy atom. The molecule has 3 nitrogen and oxygen atoms in total. The number of methoxy groups -OCH3 is 1. The number of fused-ring (bicyclic) bond motifs is 1. The monoisotopic (exact) mass is 292 g/mol. The molecule has 1 heterocycles. The Morgan fingerprint density at radius 2 is 2.15 bits per heavy atom. The molecule has 0 spiro atoms. The van der Waals surface area contributed by atoms with Gasteiger partial charge in [0, 0.05) is 12.6 Å². The van der Waals surface area contributed by atoms with Gasteiger partial charge in [-0.15, -0.1) is 11.6 Å². The lowest BCUT2D eigenvalue weighted by molar-refractivity contribution is 0.415. The minimum Gasteiger partial charge on any atom is -0.497 e. The molecular formula is C16H21ClN2O. The Balaban J connectivity index is 2.03. The lowest BCUT2D eigenvalue weighted by Crippen LogP contribution is -2.11. The van der Waals surface area contributed by atoms with Gasteiger partial charge in [0.2, 0.25) is 0 Å². The first-order valence-corrected chi connectivity index (χ1v) is 7.81. The van der Waals surface area contributed by atoms with E-state index < -0.39 is 0 Å². The SMILES string of the molecule is COc1ccc2c(c1)nc(C(C)Cl)n2CC1CCCC1. The van der Waals surface area contributed by atoms with Crippen LogP contribution in [0.25, 0.3) is 11.0 Å². The van der Waals surface area contributed by atoms with Gasteiger partial charge in [0.25, 0.3) is 0 Å². The van der Waals surface area contributed by atoms with Gasteiger partial charge >= 0.3 is 0 Å². The molecule has 1 atom stereocenters. The number of hydrogen-bond acceptors (Lipinski definition) is 2. The lowest BCUT2D eigenvalue weighted by atomic mass is 10.1. The molecule has 108 valence electrons. The van der Waals surface area contributed by atoms with E-state index in [2.05, 4.69) is 10.6 Å². The fraction of sp³-hybridized carbons (Fsp3) is 0.562. The summed E-state index contributed by atoms with van der Waals surface area (Å²) >= 11 is 6.32. The molecule has 0 amide bonds. The molecule has 0 aliphatic heterocycles. The Labute approximate surface area is 124 Å². The van der Waals surface area contributed by atoms with E-state index in [1.165, 1.54) is 31.2 Å².